The van der Waals surface area contributed by atoms with Crippen LogP contribution in [0.5, 0.6) is 0 Å². The Hall–Kier alpha value is -4.73. The van der Waals surface area contributed by atoms with Gasteiger partial charge in [-0.2, -0.15) is 0 Å². The van der Waals surface area contributed by atoms with Crippen LogP contribution in [0, 0.1) is 12.8 Å². The number of imidazole rings is 1. The van der Waals surface area contributed by atoms with E-state index in [2.05, 4.69) is 83.0 Å². The Labute approximate surface area is 298 Å². The summed E-state index contributed by atoms with van der Waals surface area (Å²) in [5.41, 5.74) is 9.41. The first-order valence-corrected chi connectivity index (χ1v) is 17.1. The molecule has 0 aliphatic carbocycles. The number of halogens is 1. The average molecular weight is 696 g/mol. The molecular formula is C39H42ClN5O3S. The van der Waals surface area contributed by atoms with Gasteiger partial charge in [0.1, 0.15) is 5.82 Å². The number of hydrogen-bond donors (Lipinski definition) is 4. The number of amides is 2. The van der Waals surface area contributed by atoms with Gasteiger partial charge in [0, 0.05) is 35.2 Å². The molecule has 0 bridgehead atoms. The zero-order chi connectivity index (χ0) is 35.1. The summed E-state index contributed by atoms with van der Waals surface area (Å²) in [7, 11) is 0. The van der Waals surface area contributed by atoms with Crippen LogP contribution in [-0.2, 0) is 22.4 Å². The summed E-state index contributed by atoms with van der Waals surface area (Å²) < 4.78 is 9.75. The minimum atomic E-state index is -0.457. The largest absolute Gasteiger partial charge is 0.447 e. The van der Waals surface area contributed by atoms with Crippen molar-refractivity contribution in [1.29, 1.82) is 0 Å². The fraction of sp³-hybridized carbons (Fsp3) is 0.256. The summed E-state index contributed by atoms with van der Waals surface area (Å²) in [6, 6.07) is 28.4. The van der Waals surface area contributed by atoms with Gasteiger partial charge >= 0.3 is 6.09 Å². The van der Waals surface area contributed by atoms with Crippen molar-refractivity contribution in [1.82, 2.24) is 14.3 Å². The Morgan fingerprint density at radius 1 is 0.918 bits per heavy atom. The number of carbonyl (C=O) groups is 2. The number of hydrogen-bond acceptors (Lipinski definition) is 6. The van der Waals surface area contributed by atoms with E-state index in [4.69, 9.17) is 21.3 Å². The Morgan fingerprint density at radius 2 is 1.63 bits per heavy atom. The van der Waals surface area contributed by atoms with Crippen molar-refractivity contribution in [3.05, 3.63) is 119 Å². The zero-order valence-corrected chi connectivity index (χ0v) is 30.0. The van der Waals surface area contributed by atoms with Crippen molar-refractivity contribution in [3.63, 3.8) is 0 Å². The number of benzene rings is 4. The molecule has 254 valence electrons. The molecule has 0 aliphatic rings. The first kappa shape index (κ1) is 35.6. The van der Waals surface area contributed by atoms with Gasteiger partial charge in [-0.1, -0.05) is 86.8 Å². The van der Waals surface area contributed by atoms with E-state index in [1.54, 1.807) is 0 Å². The lowest BCUT2D eigenvalue weighted by atomic mass is 9.96. The molecule has 49 heavy (non-hydrogen) atoms. The quantitative estimate of drug-likeness (QED) is 0.0976. The maximum absolute atomic E-state index is 12.5. The van der Waals surface area contributed by atoms with Gasteiger partial charge in [-0.05, 0) is 97.3 Å². The zero-order valence-electron chi connectivity index (χ0n) is 28.4. The van der Waals surface area contributed by atoms with Crippen molar-refractivity contribution in [2.24, 2.45) is 5.92 Å². The van der Waals surface area contributed by atoms with Crippen LogP contribution in [0.25, 0.3) is 28.1 Å². The summed E-state index contributed by atoms with van der Waals surface area (Å²) in [6.07, 6.45) is 2.76. The highest BCUT2D eigenvalue weighted by atomic mass is 35.5. The molecule has 5 aromatic rings. The van der Waals surface area contributed by atoms with Crippen LogP contribution in [0.1, 0.15) is 50.2 Å². The highest BCUT2D eigenvalue weighted by Crippen LogP contribution is 2.32. The Bertz CT molecular complexity index is 1920. The average Bonchev–Trinajstić information content (AvgIpc) is 3.47. The molecular weight excluding hydrogens is 654 g/mol. The molecule has 0 radical (unpaired) electrons. The molecule has 4 aromatic carbocycles. The number of nitrogens with one attached hydrogen (secondary N) is 3. The molecule has 10 heteroatoms. The molecule has 0 atom stereocenters. The van der Waals surface area contributed by atoms with Gasteiger partial charge in [-0.3, -0.25) is 10.1 Å². The predicted octanol–water partition coefficient (Wildman–Crippen LogP) is 9.29. The Balaban J connectivity index is 1.43. The lowest BCUT2D eigenvalue weighted by Crippen LogP contribution is -2.22. The lowest BCUT2D eigenvalue weighted by Gasteiger charge is -2.16. The van der Waals surface area contributed by atoms with Crippen LogP contribution in [0.4, 0.5) is 16.2 Å². The van der Waals surface area contributed by atoms with Crippen LogP contribution < -0.4 is 15.4 Å². The van der Waals surface area contributed by atoms with E-state index in [1.165, 1.54) is 0 Å². The molecule has 1 heterocycles. The van der Waals surface area contributed by atoms with Crippen LogP contribution >= 0.6 is 24.4 Å². The van der Waals surface area contributed by atoms with Gasteiger partial charge in [0.05, 0.1) is 23.4 Å². The van der Waals surface area contributed by atoms with E-state index < -0.39 is 6.09 Å². The van der Waals surface area contributed by atoms with Crippen molar-refractivity contribution in [2.75, 3.05) is 17.2 Å². The summed E-state index contributed by atoms with van der Waals surface area (Å²) in [5, 5.41) is 6.70. The number of ether oxygens (including phenoxy) is 1. The SMILES string of the molecule is Cc1ccc(-c2cn(-c3ccc(NCC(=O)NS)cc3)c(Cc3ccc(-c4ccc(CC(C)C)c(NC(=O)OC(C)C)c4)cc3)n2)c(Cl)c1. The van der Waals surface area contributed by atoms with Crippen LogP contribution in [0.3, 0.4) is 0 Å². The molecule has 0 fully saturated rings. The minimum absolute atomic E-state index is 0.121. The third-order valence-electron chi connectivity index (χ3n) is 7.87. The highest BCUT2D eigenvalue weighted by Gasteiger charge is 2.16. The molecule has 0 spiro atoms. The maximum atomic E-state index is 12.5. The van der Waals surface area contributed by atoms with Gasteiger partial charge in [-0.25, -0.2) is 9.78 Å². The summed E-state index contributed by atoms with van der Waals surface area (Å²) in [4.78, 5) is 29.2. The summed E-state index contributed by atoms with van der Waals surface area (Å²) in [6.45, 7) is 10.1. The second kappa shape index (κ2) is 16.1. The van der Waals surface area contributed by atoms with Gasteiger partial charge in [-0.15, -0.1) is 0 Å². The number of nitrogens with zero attached hydrogens (tertiary/aromatic N) is 2. The van der Waals surface area contributed by atoms with Gasteiger partial charge in [0.25, 0.3) is 0 Å². The van der Waals surface area contributed by atoms with Crippen LogP contribution in [0.2, 0.25) is 5.02 Å². The second-order valence-corrected chi connectivity index (χ2v) is 13.4. The first-order chi connectivity index (χ1) is 23.5. The molecule has 1 aromatic heterocycles. The second-order valence-electron chi connectivity index (χ2n) is 12.8. The monoisotopic (exact) mass is 695 g/mol. The van der Waals surface area contributed by atoms with E-state index in [0.29, 0.717) is 17.4 Å². The van der Waals surface area contributed by atoms with Gasteiger partial charge < -0.3 is 19.3 Å². The van der Waals surface area contributed by atoms with E-state index in [-0.39, 0.29) is 18.6 Å². The molecule has 8 nitrogen and oxygen atoms in total. The number of anilines is 2. The predicted molar refractivity (Wildman–Crippen MR) is 203 cm³/mol. The van der Waals surface area contributed by atoms with Crippen molar-refractivity contribution < 1.29 is 14.3 Å². The molecule has 0 saturated carbocycles. The Kier molecular flexibility index (Phi) is 11.7. The van der Waals surface area contributed by atoms with E-state index in [1.807, 2.05) is 75.5 Å². The van der Waals surface area contributed by atoms with Gasteiger partial charge in [0.15, 0.2) is 0 Å². The first-order valence-electron chi connectivity index (χ1n) is 16.3. The molecule has 2 amide bonds. The Morgan fingerprint density at radius 3 is 2.29 bits per heavy atom. The highest BCUT2D eigenvalue weighted by molar-refractivity contribution is 7.78. The van der Waals surface area contributed by atoms with Crippen molar-refractivity contribution in [2.45, 2.75) is 53.6 Å². The maximum Gasteiger partial charge on any atom is 0.411 e. The normalized spacial score (nSPS) is 11.1. The van der Waals surface area contributed by atoms with Crippen LogP contribution in [0.15, 0.2) is 91.1 Å². The van der Waals surface area contributed by atoms with Crippen molar-refractivity contribution >= 4 is 47.8 Å². The van der Waals surface area contributed by atoms with E-state index in [9.17, 15) is 9.59 Å². The molecule has 0 saturated heterocycles. The molecule has 0 aliphatic heterocycles. The number of thiol groups is 1. The number of aromatic nitrogens is 2. The van der Waals surface area contributed by atoms with E-state index in [0.717, 1.165) is 68.4 Å². The topological polar surface area (TPSA) is 97.3 Å². The molecule has 0 unspecified atom stereocenters. The minimum Gasteiger partial charge on any atom is -0.447 e. The lowest BCUT2D eigenvalue weighted by molar-refractivity contribution is -0.117. The van der Waals surface area contributed by atoms with Gasteiger partial charge in [0.2, 0.25) is 5.91 Å². The number of rotatable bonds is 12. The fourth-order valence-corrected chi connectivity index (χ4v) is 5.94. The van der Waals surface area contributed by atoms with Crippen molar-refractivity contribution in [3.8, 4) is 28.1 Å². The smallest absolute Gasteiger partial charge is 0.411 e. The fourth-order valence-electron chi connectivity index (χ4n) is 5.53. The summed E-state index contributed by atoms with van der Waals surface area (Å²) in [5.74, 6) is 1.06. The molecule has 3 N–H and O–H groups in total. The number of carbonyl (C=O) groups excluding carboxylic acids is 2. The standard InChI is InChI=1S/C39H42ClN5O3S/c1-24(2)18-30-12-11-29(21-35(30)43-39(47)48-25(3)4)28-9-7-27(8-10-28)20-37-42-36(33-17-6-26(5)19-34(33)40)23-45(37)32-15-13-31(14-16-32)41-22-38(46)44-49/h6-17,19,21,23-25,41,49H,18,20,22H2,1-5H3,(H,43,47)(H,44,46). The number of aryl methyl sites for hydroxylation is 1. The van der Waals surface area contributed by atoms with Crippen LogP contribution in [-0.4, -0.2) is 34.2 Å². The third-order valence-corrected chi connectivity index (χ3v) is 8.43. The molecule has 5 rings (SSSR count). The summed E-state index contributed by atoms with van der Waals surface area (Å²) >= 11 is 10.5. The van der Waals surface area contributed by atoms with E-state index >= 15 is 0 Å². The third kappa shape index (κ3) is 9.46.